The van der Waals surface area contributed by atoms with Crippen molar-refractivity contribution in [2.75, 3.05) is 5.73 Å². The number of hydrogen-bond donors (Lipinski definition) is 1. The molecule has 0 bridgehead atoms. The molecule has 2 aromatic rings. The molecule has 0 saturated carbocycles. The number of nitrogens with two attached hydrogens (primary N) is 1. The van der Waals surface area contributed by atoms with Gasteiger partial charge in [0.1, 0.15) is 15.3 Å². The van der Waals surface area contributed by atoms with E-state index in [0.717, 1.165) is 16.0 Å². The number of thiazole rings is 1. The molecule has 6 heteroatoms. The fourth-order valence-corrected chi connectivity index (χ4v) is 2.43. The highest BCUT2D eigenvalue weighted by atomic mass is 32.2. The Hall–Kier alpha value is -1.45. The first-order valence-corrected chi connectivity index (χ1v) is 5.30. The molecule has 2 aromatic heterocycles. The summed E-state index contributed by atoms with van der Waals surface area (Å²) in [5.74, 6) is 0.635. The van der Waals surface area contributed by atoms with Crippen LogP contribution in [0.15, 0.2) is 27.0 Å². The van der Waals surface area contributed by atoms with E-state index in [4.69, 9.17) is 15.4 Å². The van der Waals surface area contributed by atoms with Gasteiger partial charge in [-0.1, -0.05) is 11.3 Å². The van der Waals surface area contributed by atoms with E-state index in [1.807, 2.05) is 5.40 Å². The first-order valence-electron chi connectivity index (χ1n) is 3.67. The van der Waals surface area contributed by atoms with Crippen molar-refractivity contribution in [3.63, 3.8) is 0 Å². The second-order valence-corrected chi connectivity index (χ2v) is 4.44. The van der Waals surface area contributed by atoms with E-state index in [2.05, 4.69) is 4.98 Å². The van der Waals surface area contributed by atoms with Crippen LogP contribution in [-0.2, 0) is 0 Å². The Bertz CT molecular complexity index is 469. The maximum Gasteiger partial charge on any atom is 0.181 e. The first kappa shape index (κ1) is 9.12. The van der Waals surface area contributed by atoms with Gasteiger partial charge in [-0.25, -0.2) is 4.98 Å². The van der Waals surface area contributed by atoms with E-state index < -0.39 is 0 Å². The lowest BCUT2D eigenvalue weighted by Crippen LogP contribution is -1.81. The van der Waals surface area contributed by atoms with Crippen LogP contribution in [0.4, 0.5) is 5.13 Å². The lowest BCUT2D eigenvalue weighted by atomic mass is 10.4. The summed E-state index contributed by atoms with van der Waals surface area (Å²) in [6.07, 6.45) is 1.56. The molecule has 0 aliphatic rings. The molecule has 0 aliphatic heterocycles. The van der Waals surface area contributed by atoms with Crippen molar-refractivity contribution in [2.24, 2.45) is 0 Å². The number of nitriles is 1. The van der Waals surface area contributed by atoms with Gasteiger partial charge in [-0.05, 0) is 12.1 Å². The number of nitrogen functional groups attached to an aromatic ring is 1. The summed E-state index contributed by atoms with van der Waals surface area (Å²) in [4.78, 5) is 4.10. The number of rotatable bonds is 2. The van der Waals surface area contributed by atoms with Gasteiger partial charge >= 0.3 is 0 Å². The standard InChI is InChI=1S/C8H5N3OS2/c9-4-13-7-6(11-8(10)14-7)5-2-1-3-12-5/h1-3H,(H2,10,11). The van der Waals surface area contributed by atoms with Crippen molar-refractivity contribution in [3.05, 3.63) is 18.4 Å². The van der Waals surface area contributed by atoms with E-state index in [-0.39, 0.29) is 0 Å². The van der Waals surface area contributed by atoms with E-state index in [0.29, 0.717) is 16.6 Å². The zero-order valence-electron chi connectivity index (χ0n) is 6.93. The maximum absolute atomic E-state index is 8.57. The van der Waals surface area contributed by atoms with Crippen LogP contribution in [0.25, 0.3) is 11.5 Å². The zero-order valence-corrected chi connectivity index (χ0v) is 8.56. The summed E-state index contributed by atoms with van der Waals surface area (Å²) in [7, 11) is 0. The van der Waals surface area contributed by atoms with Crippen molar-refractivity contribution >= 4 is 28.2 Å². The van der Waals surface area contributed by atoms with Gasteiger partial charge in [0.05, 0.1) is 6.26 Å². The van der Waals surface area contributed by atoms with E-state index in [1.54, 1.807) is 18.4 Å². The monoisotopic (exact) mass is 223 g/mol. The Morgan fingerprint density at radius 1 is 1.64 bits per heavy atom. The number of nitrogens with zero attached hydrogens (tertiary/aromatic N) is 2. The maximum atomic E-state index is 8.57. The SMILES string of the molecule is N#CSc1sc(N)nc1-c1ccco1. The zero-order chi connectivity index (χ0) is 9.97. The summed E-state index contributed by atoms with van der Waals surface area (Å²) in [6, 6.07) is 3.56. The minimum atomic E-state index is 0.439. The quantitative estimate of drug-likeness (QED) is 0.625. The van der Waals surface area contributed by atoms with Gasteiger partial charge < -0.3 is 10.2 Å². The highest BCUT2D eigenvalue weighted by molar-refractivity contribution is 8.05. The number of furan rings is 1. The third-order valence-corrected chi connectivity index (χ3v) is 3.15. The molecule has 14 heavy (non-hydrogen) atoms. The third-order valence-electron chi connectivity index (χ3n) is 1.51. The normalized spacial score (nSPS) is 9.93. The van der Waals surface area contributed by atoms with Crippen LogP contribution in [0.5, 0.6) is 0 Å². The van der Waals surface area contributed by atoms with Crippen LogP contribution in [0.1, 0.15) is 0 Å². The number of thiocyanates is 1. The summed E-state index contributed by atoms with van der Waals surface area (Å²) < 4.78 is 5.95. The summed E-state index contributed by atoms with van der Waals surface area (Å²) in [5.41, 5.74) is 6.20. The van der Waals surface area contributed by atoms with Crippen LogP contribution in [0, 0.1) is 10.7 Å². The van der Waals surface area contributed by atoms with E-state index in [9.17, 15) is 0 Å². The minimum absolute atomic E-state index is 0.439. The molecule has 0 fully saturated rings. The minimum Gasteiger partial charge on any atom is -0.463 e. The smallest absolute Gasteiger partial charge is 0.181 e. The molecule has 0 spiro atoms. The molecule has 2 heterocycles. The molecule has 0 atom stereocenters. The number of anilines is 1. The van der Waals surface area contributed by atoms with Gasteiger partial charge in [-0.15, -0.1) is 0 Å². The number of thioether (sulfide) groups is 1. The molecule has 70 valence electrons. The van der Waals surface area contributed by atoms with Crippen LogP contribution >= 0.6 is 23.1 Å². The summed E-state index contributed by atoms with van der Waals surface area (Å²) in [6.45, 7) is 0. The van der Waals surface area contributed by atoms with Gasteiger partial charge in [-0.3, -0.25) is 0 Å². The second kappa shape index (κ2) is 3.74. The Morgan fingerprint density at radius 2 is 2.50 bits per heavy atom. The lowest BCUT2D eigenvalue weighted by molar-refractivity contribution is 0.579. The Balaban J connectivity index is 2.48. The Morgan fingerprint density at radius 3 is 3.14 bits per heavy atom. The molecule has 0 radical (unpaired) electrons. The molecule has 0 aliphatic carbocycles. The van der Waals surface area contributed by atoms with Gasteiger partial charge in [0.15, 0.2) is 10.9 Å². The highest BCUT2D eigenvalue weighted by Crippen LogP contribution is 2.36. The molecule has 0 unspecified atom stereocenters. The molecule has 2 N–H and O–H groups in total. The van der Waals surface area contributed by atoms with Crippen LogP contribution in [0.2, 0.25) is 0 Å². The number of hydrogen-bond acceptors (Lipinski definition) is 6. The fraction of sp³-hybridized carbons (Fsp3) is 0. The topological polar surface area (TPSA) is 75.8 Å². The van der Waals surface area contributed by atoms with Gasteiger partial charge in [-0.2, -0.15) is 5.26 Å². The van der Waals surface area contributed by atoms with Crippen molar-refractivity contribution in [1.82, 2.24) is 4.98 Å². The van der Waals surface area contributed by atoms with Gasteiger partial charge in [0.25, 0.3) is 0 Å². The predicted molar refractivity (Wildman–Crippen MR) is 55.7 cm³/mol. The second-order valence-electron chi connectivity index (χ2n) is 2.36. The van der Waals surface area contributed by atoms with Crippen molar-refractivity contribution in [3.8, 4) is 16.9 Å². The summed E-state index contributed by atoms with van der Waals surface area (Å²) >= 11 is 2.33. The molecular formula is C8H5N3OS2. The fourth-order valence-electron chi connectivity index (χ4n) is 1.00. The highest BCUT2D eigenvalue weighted by Gasteiger charge is 2.14. The molecule has 4 nitrogen and oxygen atoms in total. The van der Waals surface area contributed by atoms with Gasteiger partial charge in [0.2, 0.25) is 0 Å². The van der Waals surface area contributed by atoms with Crippen LogP contribution < -0.4 is 5.73 Å². The van der Waals surface area contributed by atoms with Gasteiger partial charge in [0, 0.05) is 11.8 Å². The van der Waals surface area contributed by atoms with E-state index in [1.165, 1.54) is 11.3 Å². The van der Waals surface area contributed by atoms with E-state index >= 15 is 0 Å². The first-order chi connectivity index (χ1) is 6.81. The lowest BCUT2D eigenvalue weighted by Gasteiger charge is -1.91. The summed E-state index contributed by atoms with van der Waals surface area (Å²) in [5, 5.41) is 11.0. The molecule has 0 saturated heterocycles. The van der Waals surface area contributed by atoms with Crippen LogP contribution in [0.3, 0.4) is 0 Å². The van der Waals surface area contributed by atoms with Crippen LogP contribution in [-0.4, -0.2) is 4.98 Å². The largest absolute Gasteiger partial charge is 0.463 e. The average molecular weight is 223 g/mol. The average Bonchev–Trinajstić information content (AvgIpc) is 2.74. The van der Waals surface area contributed by atoms with Crippen molar-refractivity contribution in [2.45, 2.75) is 4.21 Å². The molecular weight excluding hydrogens is 218 g/mol. The molecule has 2 rings (SSSR count). The predicted octanol–water partition coefficient (Wildman–Crippen LogP) is 2.56. The Labute approximate surface area is 88.4 Å². The third kappa shape index (κ3) is 1.60. The molecule has 0 amide bonds. The van der Waals surface area contributed by atoms with Crippen molar-refractivity contribution in [1.29, 1.82) is 5.26 Å². The van der Waals surface area contributed by atoms with Crippen molar-refractivity contribution < 1.29 is 4.42 Å². The Kier molecular flexibility index (Phi) is 2.43. The number of aromatic nitrogens is 1. The molecule has 0 aromatic carbocycles.